The number of ether oxygens (including phenoxy) is 3. The molecular weight excluding hydrogens is 408 g/mol. The molecule has 10 heteroatoms. The zero-order valence-corrected chi connectivity index (χ0v) is 17.4. The van der Waals surface area contributed by atoms with Crippen LogP contribution in [0.1, 0.15) is 24.2 Å². The number of carbonyl (C=O) groups excluding carboxylic acids is 3. The van der Waals surface area contributed by atoms with E-state index in [1.807, 2.05) is 13.8 Å². The number of halogens is 1. The predicted molar refractivity (Wildman–Crippen MR) is 104 cm³/mol. The van der Waals surface area contributed by atoms with Gasteiger partial charge in [0, 0.05) is 4.75 Å². The van der Waals surface area contributed by atoms with Gasteiger partial charge in [0.25, 0.3) is 5.91 Å². The highest BCUT2D eigenvalue weighted by Gasteiger charge is 2.64. The van der Waals surface area contributed by atoms with Crippen molar-refractivity contribution in [2.45, 2.75) is 36.1 Å². The fourth-order valence-electron chi connectivity index (χ4n) is 3.55. The Morgan fingerprint density at radius 2 is 1.86 bits per heavy atom. The third-order valence-electron chi connectivity index (χ3n) is 4.80. The number of hydrogen-bond donors (Lipinski definition) is 1. The lowest BCUT2D eigenvalue weighted by molar-refractivity contribution is -0.162. The van der Waals surface area contributed by atoms with Crippen LogP contribution in [0.3, 0.4) is 0 Å². The fourth-order valence-corrected chi connectivity index (χ4v) is 5.28. The van der Waals surface area contributed by atoms with Gasteiger partial charge in [0.15, 0.2) is 6.07 Å². The van der Waals surface area contributed by atoms with Crippen molar-refractivity contribution in [3.63, 3.8) is 0 Å². The Hall–Kier alpha value is -2.13. The molecule has 28 heavy (non-hydrogen) atoms. The second-order valence-corrected chi connectivity index (χ2v) is 8.81. The lowest BCUT2D eigenvalue weighted by Gasteiger charge is -2.43. The molecule has 2 saturated heterocycles. The third kappa shape index (κ3) is 3.26. The molecule has 2 heterocycles. The molecule has 1 aromatic rings. The van der Waals surface area contributed by atoms with Crippen LogP contribution in [0.2, 0.25) is 0 Å². The molecule has 0 aliphatic carbocycles. The van der Waals surface area contributed by atoms with Gasteiger partial charge in [-0.05, 0) is 26.0 Å². The topological polar surface area (TPSA) is 94.2 Å². The number of benzene rings is 1. The number of esters is 1. The summed E-state index contributed by atoms with van der Waals surface area (Å²) in [6.07, 6.45) is 0. The number of alkyl halides is 1. The van der Waals surface area contributed by atoms with Crippen LogP contribution in [-0.4, -0.2) is 65.2 Å². The molecule has 0 bridgehead atoms. The lowest BCUT2D eigenvalue weighted by Crippen LogP contribution is -2.70. The second kappa shape index (κ2) is 7.71. The molecule has 8 nitrogen and oxygen atoms in total. The van der Waals surface area contributed by atoms with E-state index in [0.29, 0.717) is 11.5 Å². The summed E-state index contributed by atoms with van der Waals surface area (Å²) >= 11 is 6.93. The Labute approximate surface area is 171 Å². The Bertz CT molecular complexity index is 795. The van der Waals surface area contributed by atoms with Crippen molar-refractivity contribution >= 4 is 41.1 Å². The molecule has 0 spiro atoms. The van der Waals surface area contributed by atoms with E-state index < -0.39 is 28.7 Å². The van der Waals surface area contributed by atoms with E-state index in [1.165, 1.54) is 30.9 Å². The Kier molecular flexibility index (Phi) is 5.67. The molecule has 3 atom stereocenters. The average molecular weight is 429 g/mol. The molecule has 2 aliphatic rings. The maximum Gasteiger partial charge on any atom is 0.331 e. The summed E-state index contributed by atoms with van der Waals surface area (Å²) in [5.41, 5.74) is 0.208. The van der Waals surface area contributed by atoms with Crippen LogP contribution in [0.5, 0.6) is 11.5 Å². The van der Waals surface area contributed by atoms with Gasteiger partial charge in [-0.25, -0.2) is 4.79 Å². The highest BCUT2D eigenvalue weighted by Crippen LogP contribution is 2.51. The Morgan fingerprint density at radius 3 is 2.39 bits per heavy atom. The Balaban J connectivity index is 1.81. The number of thioether (sulfide) groups is 1. The van der Waals surface area contributed by atoms with E-state index in [1.54, 1.807) is 18.2 Å². The molecule has 152 valence electrons. The first-order valence-corrected chi connectivity index (χ1v) is 9.92. The molecule has 2 amide bonds. The van der Waals surface area contributed by atoms with Crippen LogP contribution in [0, 0.1) is 0 Å². The van der Waals surface area contributed by atoms with Crippen molar-refractivity contribution in [1.82, 2.24) is 10.2 Å². The summed E-state index contributed by atoms with van der Waals surface area (Å²) in [5, 5.41) is 2.37. The molecule has 0 aromatic heterocycles. The van der Waals surface area contributed by atoms with Crippen molar-refractivity contribution in [3.8, 4) is 11.5 Å². The zero-order valence-electron chi connectivity index (χ0n) is 15.9. The summed E-state index contributed by atoms with van der Waals surface area (Å²) < 4.78 is 14.8. The first-order valence-electron chi connectivity index (χ1n) is 8.51. The molecule has 0 saturated carbocycles. The van der Waals surface area contributed by atoms with Crippen LogP contribution >= 0.6 is 23.4 Å². The van der Waals surface area contributed by atoms with Crippen LogP contribution < -0.4 is 14.8 Å². The first kappa shape index (κ1) is 20.6. The maximum absolute atomic E-state index is 12.9. The van der Waals surface area contributed by atoms with Gasteiger partial charge in [-0.2, -0.15) is 0 Å². The average Bonchev–Trinajstić information content (AvgIpc) is 2.93. The van der Waals surface area contributed by atoms with E-state index in [-0.39, 0.29) is 22.9 Å². The minimum absolute atomic E-state index is 0.208. The summed E-state index contributed by atoms with van der Waals surface area (Å²) in [4.78, 5) is 39.3. The number of nitrogens with zero attached hydrogens (tertiary/aromatic N) is 1. The standard InChI is InChI=1S/C18H21ClN2O6S/c1-18(2)13(17(24)27-8-19)21-15(23)12(16(21)28-18)20-14(22)11-9(25-3)6-5-7-10(11)26-4/h5-7,12-13,16H,8H2,1-4H3,(H,20,22)/t12-,13+,16-/m1/s1. The first-order chi connectivity index (χ1) is 13.3. The highest BCUT2D eigenvalue weighted by molar-refractivity contribution is 8.01. The minimum atomic E-state index is -0.764. The van der Waals surface area contributed by atoms with Gasteiger partial charge >= 0.3 is 5.97 Å². The number of rotatable bonds is 6. The van der Waals surface area contributed by atoms with Crippen molar-refractivity contribution in [2.24, 2.45) is 0 Å². The summed E-state index contributed by atoms with van der Waals surface area (Å²) in [6, 6.07) is 3.17. The van der Waals surface area contributed by atoms with Crippen molar-refractivity contribution in [1.29, 1.82) is 0 Å². The minimum Gasteiger partial charge on any atom is -0.496 e. The number of β-lactam (4-membered cyclic amide) rings is 1. The van der Waals surface area contributed by atoms with Gasteiger partial charge in [-0.3, -0.25) is 9.59 Å². The maximum atomic E-state index is 12.9. The molecule has 1 N–H and O–H groups in total. The Morgan fingerprint density at radius 1 is 1.25 bits per heavy atom. The largest absolute Gasteiger partial charge is 0.496 e. The van der Waals surface area contributed by atoms with E-state index in [0.717, 1.165) is 0 Å². The monoisotopic (exact) mass is 428 g/mol. The quantitative estimate of drug-likeness (QED) is 0.418. The van der Waals surface area contributed by atoms with E-state index in [4.69, 9.17) is 25.8 Å². The second-order valence-electron chi connectivity index (χ2n) is 6.82. The normalized spacial score (nSPS) is 24.8. The van der Waals surface area contributed by atoms with Gasteiger partial charge in [0.1, 0.15) is 34.5 Å². The summed E-state index contributed by atoms with van der Waals surface area (Å²) in [6.45, 7) is 3.71. The molecule has 1 aromatic carbocycles. The van der Waals surface area contributed by atoms with Gasteiger partial charge < -0.3 is 24.4 Å². The fraction of sp³-hybridized carbons (Fsp3) is 0.500. The van der Waals surface area contributed by atoms with E-state index in [2.05, 4.69) is 5.32 Å². The van der Waals surface area contributed by atoms with Gasteiger partial charge in [0.2, 0.25) is 5.91 Å². The number of methoxy groups -OCH3 is 2. The van der Waals surface area contributed by atoms with E-state index >= 15 is 0 Å². The van der Waals surface area contributed by atoms with Crippen molar-refractivity contribution in [2.75, 3.05) is 20.3 Å². The smallest absolute Gasteiger partial charge is 0.331 e. The highest BCUT2D eigenvalue weighted by atomic mass is 35.5. The third-order valence-corrected chi connectivity index (χ3v) is 6.48. The van der Waals surface area contributed by atoms with Crippen molar-refractivity contribution in [3.05, 3.63) is 23.8 Å². The number of nitrogens with one attached hydrogen (secondary N) is 1. The predicted octanol–water partition coefficient (Wildman–Crippen LogP) is 1.60. The van der Waals surface area contributed by atoms with Gasteiger partial charge in [-0.1, -0.05) is 17.7 Å². The zero-order chi connectivity index (χ0) is 20.6. The van der Waals surface area contributed by atoms with Crippen LogP contribution in [-0.2, 0) is 14.3 Å². The van der Waals surface area contributed by atoms with Crippen LogP contribution in [0.4, 0.5) is 0 Å². The van der Waals surface area contributed by atoms with Crippen LogP contribution in [0.15, 0.2) is 18.2 Å². The number of carbonyl (C=O) groups is 3. The van der Waals surface area contributed by atoms with E-state index in [9.17, 15) is 14.4 Å². The molecular formula is C18H21ClN2O6S. The molecule has 2 aliphatic heterocycles. The molecule has 0 unspecified atom stereocenters. The number of fused-ring (bicyclic) bond motifs is 1. The SMILES string of the molecule is COc1cccc(OC)c1C(=O)N[C@@H]1C(=O)N2[C@@H]1SC(C)(C)[C@@H]2C(=O)OCCl. The number of hydrogen-bond acceptors (Lipinski definition) is 7. The van der Waals surface area contributed by atoms with Gasteiger partial charge in [0.05, 0.1) is 14.2 Å². The molecule has 0 radical (unpaired) electrons. The number of amides is 2. The lowest BCUT2D eigenvalue weighted by atomic mass is 9.95. The summed E-state index contributed by atoms with van der Waals surface area (Å²) in [5.74, 6) is -0.717. The van der Waals surface area contributed by atoms with Crippen molar-refractivity contribution < 1.29 is 28.6 Å². The van der Waals surface area contributed by atoms with Crippen LogP contribution in [0.25, 0.3) is 0 Å². The molecule has 2 fully saturated rings. The summed E-state index contributed by atoms with van der Waals surface area (Å²) in [7, 11) is 2.90. The molecule has 3 rings (SSSR count). The van der Waals surface area contributed by atoms with Gasteiger partial charge in [-0.15, -0.1) is 11.8 Å².